The summed E-state index contributed by atoms with van der Waals surface area (Å²) in [6, 6.07) is 14.5. The highest BCUT2D eigenvalue weighted by atomic mass is 35.5. The van der Waals surface area contributed by atoms with Gasteiger partial charge in [-0.25, -0.2) is 0 Å². The van der Waals surface area contributed by atoms with Crippen LogP contribution in [0, 0.1) is 0 Å². The highest BCUT2D eigenvalue weighted by Crippen LogP contribution is 2.24. The number of amides is 1. The lowest BCUT2D eigenvalue weighted by Crippen LogP contribution is -2.25. The van der Waals surface area contributed by atoms with Gasteiger partial charge in [-0.3, -0.25) is 19.7 Å². The number of nitrogens with zero attached hydrogens (tertiary/aromatic N) is 1. The van der Waals surface area contributed by atoms with E-state index < -0.39 is 5.97 Å². The Balaban J connectivity index is 1.95. The van der Waals surface area contributed by atoms with Crippen LogP contribution in [0.1, 0.15) is 21.8 Å². The maximum Gasteiger partial charge on any atom is 0.303 e. The zero-order chi connectivity index (χ0) is 17.8. The van der Waals surface area contributed by atoms with Gasteiger partial charge in [0, 0.05) is 22.7 Å². The standard InChI is InChI=1S/C18H15ClN2O3S/c19-13-5-3-12(4-6-13)15-9-7-14(8-10-17(22)23)21(15)20-18(24)16-2-1-11-25-16/h1-7,9,11H,8,10H2,(H,20,24)(H,22,23). The van der Waals surface area contributed by atoms with Gasteiger partial charge in [-0.15, -0.1) is 11.3 Å². The Labute approximate surface area is 153 Å². The molecule has 128 valence electrons. The van der Waals surface area contributed by atoms with Gasteiger partial charge in [-0.2, -0.15) is 0 Å². The number of carboxylic acids is 1. The molecule has 0 saturated carbocycles. The summed E-state index contributed by atoms with van der Waals surface area (Å²) >= 11 is 7.28. The van der Waals surface area contributed by atoms with E-state index in [0.29, 0.717) is 16.3 Å². The van der Waals surface area contributed by atoms with Crippen LogP contribution in [-0.4, -0.2) is 21.7 Å². The van der Waals surface area contributed by atoms with Gasteiger partial charge in [-0.05, 0) is 35.7 Å². The minimum absolute atomic E-state index is 0.0149. The van der Waals surface area contributed by atoms with Crippen LogP contribution in [0.5, 0.6) is 0 Å². The van der Waals surface area contributed by atoms with Gasteiger partial charge >= 0.3 is 5.97 Å². The Morgan fingerprint density at radius 1 is 1.12 bits per heavy atom. The number of rotatable bonds is 6. The second kappa shape index (κ2) is 7.55. The van der Waals surface area contributed by atoms with Crippen molar-refractivity contribution in [3.05, 3.63) is 69.5 Å². The Morgan fingerprint density at radius 2 is 1.88 bits per heavy atom. The van der Waals surface area contributed by atoms with Crippen molar-refractivity contribution in [2.24, 2.45) is 0 Å². The van der Waals surface area contributed by atoms with Crippen molar-refractivity contribution < 1.29 is 14.7 Å². The molecule has 25 heavy (non-hydrogen) atoms. The molecule has 0 saturated heterocycles. The van der Waals surface area contributed by atoms with Gasteiger partial charge < -0.3 is 5.11 Å². The van der Waals surface area contributed by atoms with E-state index in [1.807, 2.05) is 29.6 Å². The molecule has 0 spiro atoms. The number of aryl methyl sites for hydroxylation is 1. The molecule has 2 heterocycles. The normalized spacial score (nSPS) is 10.6. The number of aliphatic carboxylic acids is 1. The van der Waals surface area contributed by atoms with E-state index in [9.17, 15) is 9.59 Å². The number of benzene rings is 1. The molecule has 0 bridgehead atoms. The van der Waals surface area contributed by atoms with Crippen molar-refractivity contribution in [3.8, 4) is 11.3 Å². The SMILES string of the molecule is O=C(O)CCc1ccc(-c2ccc(Cl)cc2)n1NC(=O)c1cccs1. The Morgan fingerprint density at radius 3 is 2.52 bits per heavy atom. The molecular weight excluding hydrogens is 360 g/mol. The van der Waals surface area contributed by atoms with E-state index in [2.05, 4.69) is 5.43 Å². The number of thiophene rings is 1. The third-order valence-electron chi connectivity index (χ3n) is 3.66. The van der Waals surface area contributed by atoms with E-state index in [0.717, 1.165) is 17.0 Å². The topological polar surface area (TPSA) is 71.3 Å². The van der Waals surface area contributed by atoms with E-state index >= 15 is 0 Å². The summed E-state index contributed by atoms with van der Waals surface area (Å²) in [4.78, 5) is 23.9. The maximum absolute atomic E-state index is 12.4. The molecule has 0 fully saturated rings. The lowest BCUT2D eigenvalue weighted by atomic mass is 10.2. The van der Waals surface area contributed by atoms with Crippen LogP contribution in [0.2, 0.25) is 5.02 Å². The second-order valence-electron chi connectivity index (χ2n) is 5.36. The molecule has 1 aromatic carbocycles. The number of hydrogen-bond acceptors (Lipinski definition) is 3. The highest BCUT2D eigenvalue weighted by molar-refractivity contribution is 7.12. The fourth-order valence-corrected chi connectivity index (χ4v) is 3.19. The van der Waals surface area contributed by atoms with E-state index in [-0.39, 0.29) is 12.3 Å². The summed E-state index contributed by atoms with van der Waals surface area (Å²) in [7, 11) is 0. The number of carbonyl (C=O) groups excluding carboxylic acids is 1. The highest BCUT2D eigenvalue weighted by Gasteiger charge is 2.15. The van der Waals surface area contributed by atoms with Crippen LogP contribution < -0.4 is 5.43 Å². The first-order chi connectivity index (χ1) is 12.0. The maximum atomic E-state index is 12.4. The minimum Gasteiger partial charge on any atom is -0.481 e. The number of hydrogen-bond donors (Lipinski definition) is 2. The average molecular weight is 375 g/mol. The average Bonchev–Trinajstić information content (AvgIpc) is 3.24. The molecule has 3 rings (SSSR count). The molecule has 2 N–H and O–H groups in total. The summed E-state index contributed by atoms with van der Waals surface area (Å²) in [6.07, 6.45) is 0.298. The molecule has 0 aliphatic carbocycles. The van der Waals surface area contributed by atoms with Crippen molar-refractivity contribution >= 4 is 34.8 Å². The van der Waals surface area contributed by atoms with Gasteiger partial charge in [0.1, 0.15) is 0 Å². The Hall–Kier alpha value is -2.57. The molecular formula is C18H15ClN2O3S. The largest absolute Gasteiger partial charge is 0.481 e. The van der Waals surface area contributed by atoms with Crippen LogP contribution in [0.4, 0.5) is 0 Å². The molecule has 0 atom stereocenters. The van der Waals surface area contributed by atoms with Crippen molar-refractivity contribution in [1.82, 2.24) is 4.68 Å². The van der Waals surface area contributed by atoms with Crippen LogP contribution in [0.15, 0.2) is 53.9 Å². The predicted octanol–water partition coefficient (Wildman–Crippen LogP) is 4.27. The number of carbonyl (C=O) groups is 2. The Kier molecular flexibility index (Phi) is 5.21. The number of aromatic nitrogens is 1. The molecule has 1 amide bonds. The number of halogens is 1. The molecule has 0 unspecified atom stereocenters. The third kappa shape index (κ3) is 4.10. The molecule has 3 aromatic rings. The molecule has 5 nitrogen and oxygen atoms in total. The van der Waals surface area contributed by atoms with Crippen molar-refractivity contribution in [1.29, 1.82) is 0 Å². The summed E-state index contributed by atoms with van der Waals surface area (Å²) in [5.74, 6) is -1.12. The Bertz CT molecular complexity index is 886. The second-order valence-corrected chi connectivity index (χ2v) is 6.75. The first-order valence-corrected chi connectivity index (χ1v) is 8.83. The van der Waals surface area contributed by atoms with Gasteiger partial charge in [-0.1, -0.05) is 29.8 Å². The van der Waals surface area contributed by atoms with E-state index in [1.54, 1.807) is 28.9 Å². The first-order valence-electron chi connectivity index (χ1n) is 7.58. The fraction of sp³-hybridized carbons (Fsp3) is 0.111. The summed E-state index contributed by atoms with van der Waals surface area (Å²) in [6.45, 7) is 0. The van der Waals surface area contributed by atoms with Crippen LogP contribution >= 0.6 is 22.9 Å². The predicted molar refractivity (Wildman–Crippen MR) is 98.8 cm³/mol. The number of carboxylic acid groups (broad SMARTS) is 1. The van der Waals surface area contributed by atoms with Crippen molar-refractivity contribution in [2.45, 2.75) is 12.8 Å². The molecule has 0 radical (unpaired) electrons. The minimum atomic E-state index is -0.884. The smallest absolute Gasteiger partial charge is 0.303 e. The van der Waals surface area contributed by atoms with Crippen LogP contribution in [0.3, 0.4) is 0 Å². The van der Waals surface area contributed by atoms with Gasteiger partial charge in [0.2, 0.25) is 0 Å². The summed E-state index contributed by atoms with van der Waals surface area (Å²) < 4.78 is 1.65. The first kappa shape index (κ1) is 17.3. The molecule has 2 aromatic heterocycles. The molecule has 7 heteroatoms. The summed E-state index contributed by atoms with van der Waals surface area (Å²) in [5.41, 5.74) is 5.22. The fourth-order valence-electron chi connectivity index (χ4n) is 2.45. The lowest BCUT2D eigenvalue weighted by Gasteiger charge is -2.14. The van der Waals surface area contributed by atoms with Crippen molar-refractivity contribution in [3.63, 3.8) is 0 Å². The summed E-state index contributed by atoms with van der Waals surface area (Å²) in [5, 5.41) is 11.4. The lowest BCUT2D eigenvalue weighted by molar-refractivity contribution is -0.136. The zero-order valence-electron chi connectivity index (χ0n) is 13.1. The van der Waals surface area contributed by atoms with Crippen LogP contribution in [0.25, 0.3) is 11.3 Å². The third-order valence-corrected chi connectivity index (χ3v) is 4.78. The quantitative estimate of drug-likeness (QED) is 0.676. The van der Waals surface area contributed by atoms with Gasteiger partial charge in [0.05, 0.1) is 17.0 Å². The van der Waals surface area contributed by atoms with Gasteiger partial charge in [0.15, 0.2) is 0 Å². The van der Waals surface area contributed by atoms with Crippen LogP contribution in [-0.2, 0) is 11.2 Å². The van der Waals surface area contributed by atoms with E-state index in [4.69, 9.17) is 16.7 Å². The van der Waals surface area contributed by atoms with Crippen molar-refractivity contribution in [2.75, 3.05) is 5.43 Å². The monoisotopic (exact) mass is 374 g/mol. The number of nitrogens with one attached hydrogen (secondary N) is 1. The van der Waals surface area contributed by atoms with Gasteiger partial charge in [0.25, 0.3) is 5.91 Å². The molecule has 0 aliphatic rings. The zero-order valence-corrected chi connectivity index (χ0v) is 14.7. The molecule has 0 aliphatic heterocycles. The van der Waals surface area contributed by atoms with E-state index in [1.165, 1.54) is 11.3 Å².